The number of rotatable bonds is 11. The highest BCUT2D eigenvalue weighted by atomic mass is 19.4. The Morgan fingerprint density at radius 2 is 1.45 bits per heavy atom. The van der Waals surface area contributed by atoms with Gasteiger partial charge in [0.05, 0.1) is 16.7 Å². The summed E-state index contributed by atoms with van der Waals surface area (Å²) in [6.45, 7) is 3.99. The summed E-state index contributed by atoms with van der Waals surface area (Å²) in [6.07, 6.45) is -3.17. The highest BCUT2D eigenvalue weighted by Gasteiger charge is 2.39. The third-order valence-corrected chi connectivity index (χ3v) is 4.66. The molecule has 0 N–H and O–H groups in total. The SMILES string of the molecule is CCCCCCCC(CCCC)OC(=O)c1cc(C(F)(F)F)ccc1C(F)(F)F. The fourth-order valence-corrected chi connectivity index (χ4v) is 3.02. The standard InChI is InChI=1S/C21H28F6O2/c1-3-5-7-8-9-11-16(10-6-4-2)29-19(28)17-14-15(20(22,23)24)12-13-18(17)21(25,26)27/h12-14,16H,3-11H2,1-2H3. The highest BCUT2D eigenvalue weighted by Crippen LogP contribution is 2.37. The van der Waals surface area contributed by atoms with E-state index in [9.17, 15) is 31.1 Å². The molecule has 0 aliphatic carbocycles. The van der Waals surface area contributed by atoms with Gasteiger partial charge in [-0.15, -0.1) is 0 Å². The summed E-state index contributed by atoms with van der Waals surface area (Å²) in [4.78, 5) is 12.4. The second-order valence-electron chi connectivity index (χ2n) is 7.13. The average Bonchev–Trinajstić information content (AvgIpc) is 2.63. The van der Waals surface area contributed by atoms with Crippen LogP contribution >= 0.6 is 0 Å². The zero-order valence-electron chi connectivity index (χ0n) is 16.8. The Bertz CT molecular complexity index is 637. The Hall–Kier alpha value is -1.73. The largest absolute Gasteiger partial charge is 0.459 e. The molecule has 0 aliphatic rings. The minimum absolute atomic E-state index is 0.225. The minimum atomic E-state index is -4.96. The van der Waals surface area contributed by atoms with Gasteiger partial charge in [0.1, 0.15) is 6.10 Å². The van der Waals surface area contributed by atoms with Crippen molar-refractivity contribution in [2.24, 2.45) is 0 Å². The molecule has 1 rings (SSSR count). The first kappa shape index (κ1) is 25.3. The van der Waals surface area contributed by atoms with E-state index in [1.54, 1.807) is 0 Å². The quantitative estimate of drug-likeness (QED) is 0.205. The van der Waals surface area contributed by atoms with Gasteiger partial charge in [-0.3, -0.25) is 0 Å². The fraction of sp³-hybridized carbons (Fsp3) is 0.667. The van der Waals surface area contributed by atoms with Crippen molar-refractivity contribution in [2.75, 3.05) is 0 Å². The van der Waals surface area contributed by atoms with E-state index in [4.69, 9.17) is 4.74 Å². The molecule has 0 saturated heterocycles. The molecule has 0 saturated carbocycles. The molecular formula is C21H28F6O2. The fourth-order valence-electron chi connectivity index (χ4n) is 3.02. The second-order valence-corrected chi connectivity index (χ2v) is 7.13. The lowest BCUT2D eigenvalue weighted by Gasteiger charge is -2.20. The molecular weight excluding hydrogens is 398 g/mol. The first-order valence-electron chi connectivity index (χ1n) is 10.00. The lowest BCUT2D eigenvalue weighted by molar-refractivity contribution is -0.141. The van der Waals surface area contributed by atoms with Gasteiger partial charge >= 0.3 is 18.3 Å². The van der Waals surface area contributed by atoms with Gasteiger partial charge in [-0.25, -0.2) is 4.79 Å². The first-order chi connectivity index (χ1) is 13.5. The molecule has 1 aromatic rings. The van der Waals surface area contributed by atoms with Gasteiger partial charge in [-0.1, -0.05) is 52.4 Å². The van der Waals surface area contributed by atoms with E-state index in [1.165, 1.54) is 0 Å². The summed E-state index contributed by atoms with van der Waals surface area (Å²) in [7, 11) is 0. The maximum absolute atomic E-state index is 13.2. The molecule has 0 amide bonds. The van der Waals surface area contributed by atoms with E-state index in [0.29, 0.717) is 25.3 Å². The van der Waals surface area contributed by atoms with Gasteiger partial charge in [0.25, 0.3) is 0 Å². The zero-order valence-corrected chi connectivity index (χ0v) is 16.8. The number of benzene rings is 1. The van der Waals surface area contributed by atoms with Crippen LogP contribution in [-0.2, 0) is 17.1 Å². The number of ether oxygens (including phenoxy) is 1. The Morgan fingerprint density at radius 1 is 0.862 bits per heavy atom. The smallest absolute Gasteiger partial charge is 0.417 e. The molecule has 1 aromatic carbocycles. The average molecular weight is 426 g/mol. The number of carbonyl (C=O) groups is 1. The Balaban J connectivity index is 3.01. The van der Waals surface area contributed by atoms with Crippen LogP contribution in [0.5, 0.6) is 0 Å². The number of hydrogen-bond acceptors (Lipinski definition) is 2. The van der Waals surface area contributed by atoms with Crippen molar-refractivity contribution in [3.63, 3.8) is 0 Å². The van der Waals surface area contributed by atoms with E-state index in [1.807, 2.05) is 6.92 Å². The molecule has 1 atom stereocenters. The Labute approximate surface area is 167 Å². The van der Waals surface area contributed by atoms with Crippen molar-refractivity contribution in [1.82, 2.24) is 0 Å². The van der Waals surface area contributed by atoms with Crippen LogP contribution in [0.4, 0.5) is 26.3 Å². The van der Waals surface area contributed by atoms with E-state index in [0.717, 1.165) is 38.5 Å². The van der Waals surface area contributed by atoms with Crippen molar-refractivity contribution < 1.29 is 35.9 Å². The van der Waals surface area contributed by atoms with E-state index in [-0.39, 0.29) is 12.1 Å². The van der Waals surface area contributed by atoms with Gasteiger partial charge in [-0.05, 0) is 37.5 Å². The van der Waals surface area contributed by atoms with Gasteiger partial charge in [0.15, 0.2) is 0 Å². The van der Waals surface area contributed by atoms with E-state index >= 15 is 0 Å². The number of unbranched alkanes of at least 4 members (excludes halogenated alkanes) is 5. The molecule has 2 nitrogen and oxygen atoms in total. The maximum Gasteiger partial charge on any atom is 0.417 e. The zero-order chi connectivity index (χ0) is 22.1. The summed E-state index contributed by atoms with van der Waals surface area (Å²) < 4.78 is 83.6. The van der Waals surface area contributed by atoms with Crippen molar-refractivity contribution in [3.05, 3.63) is 34.9 Å². The number of hydrogen-bond donors (Lipinski definition) is 0. The Kier molecular flexibility index (Phi) is 10.00. The van der Waals surface area contributed by atoms with Crippen LogP contribution in [0, 0.1) is 0 Å². The molecule has 166 valence electrons. The molecule has 29 heavy (non-hydrogen) atoms. The molecule has 0 spiro atoms. The maximum atomic E-state index is 13.2. The Morgan fingerprint density at radius 3 is 2.00 bits per heavy atom. The van der Waals surface area contributed by atoms with Crippen LogP contribution in [0.15, 0.2) is 18.2 Å². The lowest BCUT2D eigenvalue weighted by Crippen LogP contribution is -2.22. The molecule has 0 radical (unpaired) electrons. The number of halogens is 6. The molecule has 0 aliphatic heterocycles. The number of alkyl halides is 6. The third-order valence-electron chi connectivity index (χ3n) is 4.66. The van der Waals surface area contributed by atoms with Crippen molar-refractivity contribution >= 4 is 5.97 Å². The number of carbonyl (C=O) groups excluding carboxylic acids is 1. The normalized spacial score (nSPS) is 13.4. The summed E-state index contributed by atoms with van der Waals surface area (Å²) in [6, 6.07) is 0.830. The third kappa shape index (κ3) is 8.66. The van der Waals surface area contributed by atoms with Crippen LogP contribution in [-0.4, -0.2) is 12.1 Å². The van der Waals surface area contributed by atoms with Crippen LogP contribution in [0.25, 0.3) is 0 Å². The second kappa shape index (κ2) is 11.5. The van der Waals surface area contributed by atoms with Gasteiger partial charge in [-0.2, -0.15) is 26.3 Å². The summed E-state index contributed by atoms with van der Waals surface area (Å²) in [5, 5.41) is 0. The predicted molar refractivity (Wildman–Crippen MR) is 98.6 cm³/mol. The van der Waals surface area contributed by atoms with Crippen molar-refractivity contribution in [2.45, 2.75) is 90.1 Å². The van der Waals surface area contributed by atoms with Crippen molar-refractivity contribution in [3.8, 4) is 0 Å². The summed E-state index contributed by atoms with van der Waals surface area (Å²) >= 11 is 0. The molecule has 1 unspecified atom stereocenters. The summed E-state index contributed by atoms with van der Waals surface area (Å²) in [5.74, 6) is -1.36. The number of esters is 1. The molecule has 0 bridgehead atoms. The van der Waals surface area contributed by atoms with Crippen molar-refractivity contribution in [1.29, 1.82) is 0 Å². The van der Waals surface area contributed by atoms with Crippen LogP contribution < -0.4 is 0 Å². The molecule has 0 heterocycles. The molecule has 0 aromatic heterocycles. The van der Waals surface area contributed by atoms with Crippen LogP contribution in [0.3, 0.4) is 0 Å². The molecule has 8 heteroatoms. The lowest BCUT2D eigenvalue weighted by atomic mass is 10.0. The predicted octanol–water partition coefficient (Wildman–Crippen LogP) is 7.80. The topological polar surface area (TPSA) is 26.3 Å². The minimum Gasteiger partial charge on any atom is -0.459 e. The van der Waals surface area contributed by atoms with E-state index in [2.05, 4.69) is 6.92 Å². The monoisotopic (exact) mass is 426 g/mol. The van der Waals surface area contributed by atoms with Gasteiger partial charge in [0, 0.05) is 0 Å². The van der Waals surface area contributed by atoms with Crippen LogP contribution in [0.1, 0.15) is 93.1 Å². The van der Waals surface area contributed by atoms with Gasteiger partial charge in [0.2, 0.25) is 0 Å². The highest BCUT2D eigenvalue weighted by molar-refractivity contribution is 5.91. The summed E-state index contributed by atoms with van der Waals surface area (Å²) in [5.41, 5.74) is -3.84. The van der Waals surface area contributed by atoms with Crippen LogP contribution in [0.2, 0.25) is 0 Å². The molecule has 0 fully saturated rings. The first-order valence-corrected chi connectivity index (χ1v) is 10.00. The van der Waals surface area contributed by atoms with Gasteiger partial charge < -0.3 is 4.74 Å². The van der Waals surface area contributed by atoms with E-state index < -0.39 is 41.1 Å².